The zero-order valence-electron chi connectivity index (χ0n) is 14.4. The number of halogens is 1. The first-order valence-electron chi connectivity index (χ1n) is 8.89. The van der Waals surface area contributed by atoms with E-state index in [4.69, 9.17) is 4.74 Å². The average Bonchev–Trinajstić information content (AvgIpc) is 2.58. The van der Waals surface area contributed by atoms with Crippen LogP contribution >= 0.6 is 0 Å². The fraction of sp³-hybridized carbons (Fsp3) is 0.684. The Labute approximate surface area is 139 Å². The lowest BCUT2D eigenvalue weighted by Gasteiger charge is -2.39. The fourth-order valence-electron chi connectivity index (χ4n) is 4.12. The van der Waals surface area contributed by atoms with Crippen molar-refractivity contribution in [3.05, 3.63) is 29.6 Å². The van der Waals surface area contributed by atoms with Crippen molar-refractivity contribution in [1.29, 1.82) is 0 Å². The minimum Gasteiger partial charge on any atom is -0.497 e. The van der Waals surface area contributed by atoms with Crippen molar-refractivity contribution in [2.45, 2.75) is 32.2 Å². The van der Waals surface area contributed by atoms with Gasteiger partial charge in [-0.25, -0.2) is 4.39 Å². The first kappa shape index (κ1) is 16.7. The van der Waals surface area contributed by atoms with Crippen LogP contribution in [-0.2, 0) is 6.54 Å². The topological polar surface area (TPSA) is 15.7 Å². The van der Waals surface area contributed by atoms with Crippen LogP contribution in [0.25, 0.3) is 0 Å². The lowest BCUT2D eigenvalue weighted by molar-refractivity contribution is 0.102. The number of benzene rings is 1. The summed E-state index contributed by atoms with van der Waals surface area (Å²) in [4.78, 5) is 4.83. The molecule has 0 radical (unpaired) electrons. The van der Waals surface area contributed by atoms with Crippen molar-refractivity contribution >= 4 is 0 Å². The largest absolute Gasteiger partial charge is 0.497 e. The number of likely N-dealkylation sites (tertiary alicyclic amines) is 2. The molecule has 0 atom stereocenters. The quantitative estimate of drug-likeness (QED) is 0.846. The van der Waals surface area contributed by atoms with E-state index in [-0.39, 0.29) is 5.82 Å². The second kappa shape index (κ2) is 7.63. The molecule has 128 valence electrons. The maximum Gasteiger partial charge on any atom is 0.127 e. The van der Waals surface area contributed by atoms with Crippen molar-refractivity contribution in [1.82, 2.24) is 9.80 Å². The average molecular weight is 320 g/mol. The highest BCUT2D eigenvalue weighted by Crippen LogP contribution is 2.32. The van der Waals surface area contributed by atoms with Gasteiger partial charge in [0.2, 0.25) is 0 Å². The summed E-state index contributed by atoms with van der Waals surface area (Å²) in [5.74, 6) is 2.39. The van der Waals surface area contributed by atoms with Gasteiger partial charge in [0.15, 0.2) is 0 Å². The van der Waals surface area contributed by atoms with E-state index in [0.29, 0.717) is 6.54 Å². The fourth-order valence-corrected chi connectivity index (χ4v) is 4.12. The summed E-state index contributed by atoms with van der Waals surface area (Å²) in [5.41, 5.74) is 0.752. The minimum absolute atomic E-state index is 0.122. The summed E-state index contributed by atoms with van der Waals surface area (Å²) >= 11 is 0. The molecule has 3 nitrogen and oxygen atoms in total. The van der Waals surface area contributed by atoms with Gasteiger partial charge in [-0.3, -0.25) is 4.90 Å². The van der Waals surface area contributed by atoms with Gasteiger partial charge < -0.3 is 9.64 Å². The van der Waals surface area contributed by atoms with Crippen LogP contribution in [-0.4, -0.2) is 50.1 Å². The summed E-state index contributed by atoms with van der Waals surface area (Å²) < 4.78 is 19.2. The van der Waals surface area contributed by atoms with Crippen LogP contribution in [0.3, 0.4) is 0 Å². The van der Waals surface area contributed by atoms with E-state index in [2.05, 4.69) is 16.8 Å². The summed E-state index contributed by atoms with van der Waals surface area (Å²) in [6.45, 7) is 5.38. The molecule has 0 unspecified atom stereocenters. The zero-order valence-corrected chi connectivity index (χ0v) is 14.4. The highest BCUT2D eigenvalue weighted by molar-refractivity contribution is 5.29. The SMILES string of the molecule is COc1ccc(F)c(CN2CCC(C3CCN(C)CC3)CC2)c1. The molecule has 2 heterocycles. The zero-order chi connectivity index (χ0) is 16.2. The number of nitrogens with zero attached hydrogens (tertiary/aromatic N) is 2. The van der Waals surface area contributed by atoms with Crippen molar-refractivity contribution in [2.75, 3.05) is 40.3 Å². The Morgan fingerprint density at radius 3 is 2.26 bits per heavy atom. The Kier molecular flexibility index (Phi) is 5.54. The third kappa shape index (κ3) is 4.24. The van der Waals surface area contributed by atoms with Crippen molar-refractivity contribution in [3.8, 4) is 5.75 Å². The molecule has 0 N–H and O–H groups in total. The van der Waals surface area contributed by atoms with E-state index >= 15 is 0 Å². The molecular formula is C19H29FN2O. The van der Waals surface area contributed by atoms with Crippen molar-refractivity contribution in [3.63, 3.8) is 0 Å². The highest BCUT2D eigenvalue weighted by atomic mass is 19.1. The summed E-state index contributed by atoms with van der Waals surface area (Å²) in [6.07, 6.45) is 5.23. The number of hydrogen-bond donors (Lipinski definition) is 0. The maximum absolute atomic E-state index is 14.0. The molecule has 1 aromatic carbocycles. The summed E-state index contributed by atoms with van der Waals surface area (Å²) in [7, 11) is 3.85. The van der Waals surface area contributed by atoms with Crippen LogP contribution in [0.5, 0.6) is 5.75 Å². The van der Waals surface area contributed by atoms with Crippen LogP contribution in [0, 0.1) is 17.7 Å². The first-order valence-corrected chi connectivity index (χ1v) is 8.89. The molecule has 2 fully saturated rings. The van der Waals surface area contributed by atoms with E-state index in [9.17, 15) is 4.39 Å². The van der Waals surface area contributed by atoms with Gasteiger partial charge in [0, 0.05) is 12.1 Å². The molecule has 2 aliphatic heterocycles. The molecule has 4 heteroatoms. The summed E-state index contributed by atoms with van der Waals surface area (Å²) in [6, 6.07) is 5.03. The Balaban J connectivity index is 1.51. The van der Waals surface area contributed by atoms with E-state index in [1.54, 1.807) is 13.2 Å². The molecule has 0 bridgehead atoms. The number of ether oxygens (including phenoxy) is 1. The highest BCUT2D eigenvalue weighted by Gasteiger charge is 2.28. The van der Waals surface area contributed by atoms with Gasteiger partial charge in [-0.15, -0.1) is 0 Å². The van der Waals surface area contributed by atoms with Crippen LogP contribution < -0.4 is 4.74 Å². The van der Waals surface area contributed by atoms with Gasteiger partial charge in [-0.05, 0) is 88.9 Å². The Hall–Kier alpha value is -1.13. The smallest absolute Gasteiger partial charge is 0.127 e. The lowest BCUT2D eigenvalue weighted by atomic mass is 9.79. The lowest BCUT2D eigenvalue weighted by Crippen LogP contribution is -2.39. The molecule has 0 aromatic heterocycles. The van der Waals surface area contributed by atoms with Gasteiger partial charge >= 0.3 is 0 Å². The number of hydrogen-bond acceptors (Lipinski definition) is 3. The predicted molar refractivity (Wildman–Crippen MR) is 91.2 cm³/mol. The summed E-state index contributed by atoms with van der Waals surface area (Å²) in [5, 5.41) is 0. The van der Waals surface area contributed by atoms with Crippen LogP contribution in [0.4, 0.5) is 4.39 Å². The Morgan fingerprint density at radius 1 is 1.04 bits per heavy atom. The van der Waals surface area contributed by atoms with Gasteiger partial charge in [0.25, 0.3) is 0 Å². The molecule has 2 aliphatic rings. The molecule has 0 spiro atoms. The number of methoxy groups -OCH3 is 1. The van der Waals surface area contributed by atoms with E-state index in [0.717, 1.165) is 36.2 Å². The number of rotatable bonds is 4. The third-order valence-corrected chi connectivity index (χ3v) is 5.71. The standard InChI is InChI=1S/C19H29FN2O/c1-21-9-5-15(6-10-21)16-7-11-22(12-8-16)14-17-13-18(23-2)3-4-19(17)20/h3-4,13,15-16H,5-12,14H2,1-2H3. The number of piperidine rings is 2. The molecule has 3 rings (SSSR count). The Bertz CT molecular complexity index is 506. The van der Waals surface area contributed by atoms with Crippen LogP contribution in [0.2, 0.25) is 0 Å². The molecule has 23 heavy (non-hydrogen) atoms. The van der Waals surface area contributed by atoms with E-state index < -0.39 is 0 Å². The normalized spacial score (nSPS) is 22.4. The third-order valence-electron chi connectivity index (χ3n) is 5.71. The van der Waals surface area contributed by atoms with Gasteiger partial charge in [-0.2, -0.15) is 0 Å². The maximum atomic E-state index is 14.0. The van der Waals surface area contributed by atoms with Gasteiger partial charge in [0.05, 0.1) is 7.11 Å². The second-order valence-electron chi connectivity index (χ2n) is 7.21. The van der Waals surface area contributed by atoms with Crippen LogP contribution in [0.1, 0.15) is 31.2 Å². The van der Waals surface area contributed by atoms with Crippen LogP contribution in [0.15, 0.2) is 18.2 Å². The molecular weight excluding hydrogens is 291 g/mol. The monoisotopic (exact) mass is 320 g/mol. The minimum atomic E-state index is -0.122. The Morgan fingerprint density at radius 2 is 1.65 bits per heavy atom. The molecule has 0 saturated carbocycles. The first-order chi connectivity index (χ1) is 11.2. The second-order valence-corrected chi connectivity index (χ2v) is 7.21. The predicted octanol–water partition coefficient (Wildman–Crippen LogP) is 3.39. The van der Waals surface area contributed by atoms with Crippen molar-refractivity contribution in [2.24, 2.45) is 11.8 Å². The molecule has 1 aromatic rings. The van der Waals surface area contributed by atoms with E-state index in [1.165, 1.54) is 44.8 Å². The van der Waals surface area contributed by atoms with Gasteiger partial charge in [0.1, 0.15) is 11.6 Å². The molecule has 0 aliphatic carbocycles. The van der Waals surface area contributed by atoms with E-state index in [1.807, 2.05) is 6.07 Å². The molecule has 2 saturated heterocycles. The van der Waals surface area contributed by atoms with Crippen molar-refractivity contribution < 1.29 is 9.13 Å². The van der Waals surface area contributed by atoms with Gasteiger partial charge in [-0.1, -0.05) is 0 Å². The molecule has 0 amide bonds.